The minimum Gasteiger partial charge on any atom is -0.331 e. The molecule has 0 bridgehead atoms. The van der Waals surface area contributed by atoms with Crippen LogP contribution in [0.1, 0.15) is 75.1 Å². The number of para-hydroxylation sites is 2. The summed E-state index contributed by atoms with van der Waals surface area (Å²) >= 11 is 0. The predicted octanol–water partition coefficient (Wildman–Crippen LogP) is 6.27. The zero-order valence-electron chi connectivity index (χ0n) is 22.0. The Bertz CT molecular complexity index is 1110. The molecule has 1 N–H and O–H groups in total. The molecule has 0 spiro atoms. The highest BCUT2D eigenvalue weighted by Crippen LogP contribution is 2.32. The van der Waals surface area contributed by atoms with Crippen molar-refractivity contribution in [3.8, 4) is 0 Å². The van der Waals surface area contributed by atoms with E-state index in [1.807, 2.05) is 23.1 Å². The first-order valence-electron chi connectivity index (χ1n) is 13.5. The maximum atomic E-state index is 13.8. The first kappa shape index (κ1) is 25.4. The Balaban J connectivity index is 1.55. The molecule has 1 heterocycles. The maximum Gasteiger partial charge on any atom is 0.254 e. The monoisotopic (exact) mass is 474 g/mol. The standard InChI is InChI=1S/C30H42N4O/c1-5-23(4)18-31-19-25-9-8-10-26(17-25)30(35)33(16-15-22(2)3)21-29-32-27-11-6-7-12-28(27)34(29)20-24-13-14-24/h6-12,17,22-24,31H,5,13-16,18-21H2,1-4H3. The van der Waals surface area contributed by atoms with Crippen molar-refractivity contribution < 1.29 is 4.79 Å². The van der Waals surface area contributed by atoms with E-state index in [9.17, 15) is 4.79 Å². The lowest BCUT2D eigenvalue weighted by atomic mass is 10.1. The number of aromatic nitrogens is 2. The molecule has 0 saturated heterocycles. The quantitative estimate of drug-likeness (QED) is 0.318. The SMILES string of the molecule is CCC(C)CNCc1cccc(C(=O)N(CCC(C)C)Cc2nc3ccccc3n2CC2CC2)c1. The van der Waals surface area contributed by atoms with Crippen LogP contribution in [0.4, 0.5) is 0 Å². The Morgan fingerprint density at radius 3 is 2.69 bits per heavy atom. The van der Waals surface area contributed by atoms with E-state index in [1.54, 1.807) is 0 Å². The topological polar surface area (TPSA) is 50.2 Å². The number of carbonyl (C=O) groups excluding carboxylic acids is 1. The number of rotatable bonds is 13. The highest BCUT2D eigenvalue weighted by molar-refractivity contribution is 5.94. The zero-order valence-corrected chi connectivity index (χ0v) is 22.0. The van der Waals surface area contributed by atoms with Crippen molar-refractivity contribution in [1.29, 1.82) is 0 Å². The van der Waals surface area contributed by atoms with E-state index in [2.05, 4.69) is 67.9 Å². The fraction of sp³-hybridized carbons (Fsp3) is 0.533. The average molecular weight is 475 g/mol. The largest absolute Gasteiger partial charge is 0.331 e. The fourth-order valence-corrected chi connectivity index (χ4v) is 4.45. The van der Waals surface area contributed by atoms with E-state index in [0.29, 0.717) is 18.4 Å². The Hall–Kier alpha value is -2.66. The second-order valence-corrected chi connectivity index (χ2v) is 10.8. The van der Waals surface area contributed by atoms with Gasteiger partial charge in [-0.3, -0.25) is 4.79 Å². The summed E-state index contributed by atoms with van der Waals surface area (Å²) in [6, 6.07) is 16.5. The van der Waals surface area contributed by atoms with Gasteiger partial charge < -0.3 is 14.8 Å². The van der Waals surface area contributed by atoms with Gasteiger partial charge in [0.2, 0.25) is 0 Å². The van der Waals surface area contributed by atoms with Gasteiger partial charge in [-0.2, -0.15) is 0 Å². The van der Waals surface area contributed by atoms with Crippen LogP contribution in [0.25, 0.3) is 11.0 Å². The van der Waals surface area contributed by atoms with Crippen molar-refractivity contribution in [3.05, 3.63) is 65.5 Å². The molecule has 2 aromatic carbocycles. The van der Waals surface area contributed by atoms with E-state index in [-0.39, 0.29) is 5.91 Å². The van der Waals surface area contributed by atoms with Crippen LogP contribution in [0, 0.1) is 17.8 Å². The first-order chi connectivity index (χ1) is 16.9. The van der Waals surface area contributed by atoms with Crippen molar-refractivity contribution in [3.63, 3.8) is 0 Å². The molecule has 35 heavy (non-hydrogen) atoms. The molecule has 1 fully saturated rings. The second-order valence-electron chi connectivity index (χ2n) is 10.8. The molecule has 1 amide bonds. The Kier molecular flexibility index (Phi) is 8.61. The molecule has 1 unspecified atom stereocenters. The second kappa shape index (κ2) is 11.9. The molecule has 1 saturated carbocycles. The Morgan fingerprint density at radius 2 is 1.94 bits per heavy atom. The van der Waals surface area contributed by atoms with Gasteiger partial charge in [0, 0.05) is 25.2 Å². The third-order valence-corrected chi connectivity index (χ3v) is 7.16. The average Bonchev–Trinajstić information content (AvgIpc) is 3.62. The van der Waals surface area contributed by atoms with E-state index in [0.717, 1.165) is 61.0 Å². The van der Waals surface area contributed by atoms with Gasteiger partial charge in [-0.25, -0.2) is 4.98 Å². The van der Waals surface area contributed by atoms with Crippen LogP contribution in [0.15, 0.2) is 48.5 Å². The summed E-state index contributed by atoms with van der Waals surface area (Å²) in [6.07, 6.45) is 4.73. The summed E-state index contributed by atoms with van der Waals surface area (Å²) in [7, 11) is 0. The molecule has 0 aliphatic heterocycles. The lowest BCUT2D eigenvalue weighted by Crippen LogP contribution is -2.33. The van der Waals surface area contributed by atoms with Gasteiger partial charge >= 0.3 is 0 Å². The molecule has 1 aromatic heterocycles. The van der Waals surface area contributed by atoms with Crippen LogP contribution < -0.4 is 5.32 Å². The molecular weight excluding hydrogens is 432 g/mol. The van der Waals surface area contributed by atoms with Crippen LogP contribution >= 0.6 is 0 Å². The van der Waals surface area contributed by atoms with Gasteiger partial charge in [0.05, 0.1) is 17.6 Å². The number of fused-ring (bicyclic) bond motifs is 1. The van der Waals surface area contributed by atoms with E-state index < -0.39 is 0 Å². The predicted molar refractivity (Wildman–Crippen MR) is 144 cm³/mol. The van der Waals surface area contributed by atoms with Gasteiger partial charge in [-0.1, -0.05) is 58.4 Å². The molecule has 3 aromatic rings. The number of carbonyl (C=O) groups is 1. The van der Waals surface area contributed by atoms with Crippen molar-refractivity contribution in [2.24, 2.45) is 17.8 Å². The summed E-state index contributed by atoms with van der Waals surface area (Å²) in [5.74, 6) is 3.03. The van der Waals surface area contributed by atoms with E-state index in [1.165, 1.54) is 24.8 Å². The molecule has 4 rings (SSSR count). The lowest BCUT2D eigenvalue weighted by Gasteiger charge is -2.24. The van der Waals surface area contributed by atoms with Crippen molar-refractivity contribution in [2.45, 2.75) is 73.0 Å². The highest BCUT2D eigenvalue weighted by Gasteiger charge is 2.26. The minimum atomic E-state index is 0.0967. The summed E-state index contributed by atoms with van der Waals surface area (Å²) in [6.45, 7) is 13.0. The Labute approximate surface area is 210 Å². The number of hydrogen-bond acceptors (Lipinski definition) is 3. The number of hydrogen-bond donors (Lipinski definition) is 1. The molecule has 0 radical (unpaired) electrons. The summed E-state index contributed by atoms with van der Waals surface area (Å²) in [5, 5.41) is 3.54. The van der Waals surface area contributed by atoms with Gasteiger partial charge in [0.25, 0.3) is 5.91 Å². The third kappa shape index (κ3) is 6.94. The normalized spacial score (nSPS) is 14.5. The maximum absolute atomic E-state index is 13.8. The molecule has 5 heteroatoms. The molecule has 5 nitrogen and oxygen atoms in total. The molecule has 1 aliphatic carbocycles. The van der Waals surface area contributed by atoms with Crippen LogP contribution in [-0.2, 0) is 19.6 Å². The molecule has 1 atom stereocenters. The van der Waals surface area contributed by atoms with Crippen molar-refractivity contribution >= 4 is 16.9 Å². The van der Waals surface area contributed by atoms with E-state index >= 15 is 0 Å². The first-order valence-corrected chi connectivity index (χ1v) is 13.5. The number of nitrogens with zero attached hydrogens (tertiary/aromatic N) is 3. The van der Waals surface area contributed by atoms with Crippen LogP contribution in [0.3, 0.4) is 0 Å². The smallest absolute Gasteiger partial charge is 0.254 e. The number of benzene rings is 2. The third-order valence-electron chi connectivity index (χ3n) is 7.16. The zero-order chi connectivity index (χ0) is 24.8. The Morgan fingerprint density at radius 1 is 1.14 bits per heavy atom. The number of imidazole rings is 1. The van der Waals surface area contributed by atoms with Crippen LogP contribution in [0.2, 0.25) is 0 Å². The highest BCUT2D eigenvalue weighted by atomic mass is 16.2. The van der Waals surface area contributed by atoms with Gasteiger partial charge in [0.1, 0.15) is 5.82 Å². The summed E-state index contributed by atoms with van der Waals surface area (Å²) in [4.78, 5) is 20.8. The lowest BCUT2D eigenvalue weighted by molar-refractivity contribution is 0.0729. The molecule has 188 valence electrons. The summed E-state index contributed by atoms with van der Waals surface area (Å²) in [5.41, 5.74) is 4.12. The van der Waals surface area contributed by atoms with Crippen molar-refractivity contribution in [1.82, 2.24) is 19.8 Å². The number of amides is 1. The minimum absolute atomic E-state index is 0.0967. The fourth-order valence-electron chi connectivity index (χ4n) is 4.45. The van der Waals surface area contributed by atoms with Crippen molar-refractivity contribution in [2.75, 3.05) is 13.1 Å². The summed E-state index contributed by atoms with van der Waals surface area (Å²) < 4.78 is 2.36. The van der Waals surface area contributed by atoms with Gasteiger partial charge in [-0.05, 0) is 73.4 Å². The van der Waals surface area contributed by atoms with Gasteiger partial charge in [0.15, 0.2) is 0 Å². The van der Waals surface area contributed by atoms with E-state index in [4.69, 9.17) is 4.98 Å². The molecular formula is C30H42N4O. The molecule has 1 aliphatic rings. The number of nitrogens with one attached hydrogen (secondary N) is 1. The van der Waals surface area contributed by atoms with Gasteiger partial charge in [-0.15, -0.1) is 0 Å². The van der Waals surface area contributed by atoms with Crippen LogP contribution in [-0.4, -0.2) is 33.4 Å². The van der Waals surface area contributed by atoms with Crippen LogP contribution in [0.5, 0.6) is 0 Å².